The van der Waals surface area contributed by atoms with Crippen molar-refractivity contribution >= 4 is 40.0 Å². The Morgan fingerprint density at radius 3 is 2.52 bits per heavy atom. The second kappa shape index (κ2) is 14.0. The molecule has 0 fully saturated rings. The summed E-state index contributed by atoms with van der Waals surface area (Å²) >= 11 is 0. The SMILES string of the molecule is CCNC(=NCCCN(CC)S(C)(=O)=O)NCCc1ccccc1OC.I. The molecular weight excluding hydrogens is 479 g/mol. The molecule has 0 heterocycles. The molecule has 0 radical (unpaired) electrons. The van der Waals surface area contributed by atoms with Crippen LogP contribution in [0.4, 0.5) is 0 Å². The number of sulfonamides is 1. The van der Waals surface area contributed by atoms with Crippen molar-refractivity contribution in [2.45, 2.75) is 26.7 Å². The molecule has 0 aliphatic heterocycles. The van der Waals surface area contributed by atoms with E-state index in [0.717, 1.165) is 36.8 Å². The van der Waals surface area contributed by atoms with Crippen LogP contribution in [-0.2, 0) is 16.4 Å². The molecule has 0 amide bonds. The van der Waals surface area contributed by atoms with Crippen molar-refractivity contribution < 1.29 is 13.2 Å². The highest BCUT2D eigenvalue weighted by molar-refractivity contribution is 14.0. The van der Waals surface area contributed by atoms with E-state index in [2.05, 4.69) is 21.7 Å². The molecule has 156 valence electrons. The minimum Gasteiger partial charge on any atom is -0.496 e. The fraction of sp³-hybridized carbons (Fsp3) is 0.611. The number of nitrogens with zero attached hydrogens (tertiary/aromatic N) is 2. The third-order valence-electron chi connectivity index (χ3n) is 3.88. The van der Waals surface area contributed by atoms with Gasteiger partial charge in [0.1, 0.15) is 5.75 Å². The standard InChI is InChI=1S/C18H32N4O3S.HI/c1-5-19-18(20-13-9-15-22(6-2)26(4,23)24)21-14-12-16-10-7-8-11-17(16)25-3;/h7-8,10-11H,5-6,9,12-15H2,1-4H3,(H2,19,20,21);1H. The Balaban J connectivity index is 0.00000676. The van der Waals surface area contributed by atoms with Gasteiger partial charge in [-0.25, -0.2) is 12.7 Å². The summed E-state index contributed by atoms with van der Waals surface area (Å²) in [7, 11) is -1.46. The first-order chi connectivity index (χ1) is 12.4. The lowest BCUT2D eigenvalue weighted by atomic mass is 10.1. The first-order valence-electron chi connectivity index (χ1n) is 9.01. The number of para-hydroxylation sites is 1. The van der Waals surface area contributed by atoms with Gasteiger partial charge in [0.15, 0.2) is 5.96 Å². The van der Waals surface area contributed by atoms with Crippen molar-refractivity contribution in [3.63, 3.8) is 0 Å². The Bertz CT molecular complexity index is 668. The second-order valence-electron chi connectivity index (χ2n) is 5.86. The van der Waals surface area contributed by atoms with Crippen molar-refractivity contribution in [3.05, 3.63) is 29.8 Å². The molecule has 1 aromatic rings. The van der Waals surface area contributed by atoms with Gasteiger partial charge in [0.2, 0.25) is 10.0 Å². The zero-order valence-corrected chi connectivity index (χ0v) is 19.8. The Hall–Kier alpha value is -1.07. The van der Waals surface area contributed by atoms with Gasteiger partial charge in [-0.2, -0.15) is 0 Å². The van der Waals surface area contributed by atoms with Crippen LogP contribution in [0, 0.1) is 0 Å². The zero-order valence-electron chi connectivity index (χ0n) is 16.7. The molecule has 0 spiro atoms. The van der Waals surface area contributed by atoms with Crippen molar-refractivity contribution in [1.29, 1.82) is 0 Å². The molecule has 0 atom stereocenters. The summed E-state index contributed by atoms with van der Waals surface area (Å²) in [6.45, 7) is 6.89. The molecule has 9 heteroatoms. The number of benzene rings is 1. The van der Waals surface area contributed by atoms with Crippen molar-refractivity contribution in [2.75, 3.05) is 46.1 Å². The Labute approximate surface area is 181 Å². The number of guanidine groups is 1. The summed E-state index contributed by atoms with van der Waals surface area (Å²) in [6, 6.07) is 7.96. The molecule has 0 aliphatic carbocycles. The monoisotopic (exact) mass is 512 g/mol. The molecule has 27 heavy (non-hydrogen) atoms. The van der Waals surface area contributed by atoms with Gasteiger partial charge >= 0.3 is 0 Å². The Kier molecular flexibility index (Phi) is 13.4. The summed E-state index contributed by atoms with van der Waals surface area (Å²) in [5, 5.41) is 6.51. The molecule has 0 saturated carbocycles. The molecule has 0 unspecified atom stereocenters. The van der Waals surface area contributed by atoms with Crippen LogP contribution in [0.5, 0.6) is 5.75 Å². The number of ether oxygens (including phenoxy) is 1. The number of rotatable bonds is 11. The molecule has 2 N–H and O–H groups in total. The lowest BCUT2D eigenvalue weighted by Gasteiger charge is -2.17. The largest absolute Gasteiger partial charge is 0.496 e. The lowest BCUT2D eigenvalue weighted by Crippen LogP contribution is -2.38. The van der Waals surface area contributed by atoms with Gasteiger partial charge in [0.05, 0.1) is 13.4 Å². The predicted octanol–water partition coefficient (Wildman–Crippen LogP) is 2.08. The molecule has 0 saturated heterocycles. The third-order valence-corrected chi connectivity index (χ3v) is 5.26. The Morgan fingerprint density at radius 2 is 1.93 bits per heavy atom. The topological polar surface area (TPSA) is 83.0 Å². The van der Waals surface area contributed by atoms with Gasteiger partial charge in [0.25, 0.3) is 0 Å². The lowest BCUT2D eigenvalue weighted by molar-refractivity contribution is 0.409. The van der Waals surface area contributed by atoms with Gasteiger partial charge in [-0.05, 0) is 31.4 Å². The van der Waals surface area contributed by atoms with E-state index in [4.69, 9.17) is 4.74 Å². The van der Waals surface area contributed by atoms with E-state index in [1.807, 2.05) is 32.0 Å². The fourth-order valence-electron chi connectivity index (χ4n) is 2.56. The predicted molar refractivity (Wildman–Crippen MR) is 123 cm³/mol. The van der Waals surface area contributed by atoms with Crippen LogP contribution in [0.15, 0.2) is 29.3 Å². The van der Waals surface area contributed by atoms with Crippen LogP contribution in [0.25, 0.3) is 0 Å². The average molecular weight is 512 g/mol. The zero-order chi connectivity index (χ0) is 19.4. The quantitative estimate of drug-likeness (QED) is 0.205. The smallest absolute Gasteiger partial charge is 0.211 e. The molecule has 0 bridgehead atoms. The third kappa shape index (κ3) is 10.2. The summed E-state index contributed by atoms with van der Waals surface area (Å²) in [6.07, 6.45) is 2.75. The molecular formula is C18H33IN4O3S. The van der Waals surface area contributed by atoms with Crippen LogP contribution in [0.3, 0.4) is 0 Å². The maximum atomic E-state index is 11.6. The average Bonchev–Trinajstić information content (AvgIpc) is 2.60. The van der Waals surface area contributed by atoms with Gasteiger partial charge in [-0.3, -0.25) is 4.99 Å². The van der Waals surface area contributed by atoms with E-state index in [1.165, 1.54) is 10.6 Å². The van der Waals surface area contributed by atoms with E-state index in [9.17, 15) is 8.42 Å². The second-order valence-corrected chi connectivity index (χ2v) is 7.84. The van der Waals surface area contributed by atoms with Gasteiger partial charge in [-0.15, -0.1) is 24.0 Å². The van der Waals surface area contributed by atoms with Crippen molar-refractivity contribution in [2.24, 2.45) is 4.99 Å². The molecule has 7 nitrogen and oxygen atoms in total. The summed E-state index contributed by atoms with van der Waals surface area (Å²) in [5.41, 5.74) is 1.14. The fourth-order valence-corrected chi connectivity index (χ4v) is 3.49. The number of hydrogen-bond acceptors (Lipinski definition) is 4. The van der Waals surface area contributed by atoms with E-state index in [0.29, 0.717) is 26.1 Å². The van der Waals surface area contributed by atoms with Gasteiger partial charge in [-0.1, -0.05) is 25.1 Å². The van der Waals surface area contributed by atoms with Crippen LogP contribution in [-0.4, -0.2) is 64.8 Å². The van der Waals surface area contributed by atoms with Crippen molar-refractivity contribution in [3.8, 4) is 5.75 Å². The molecule has 1 aromatic carbocycles. The number of hydrogen-bond donors (Lipinski definition) is 2. The first-order valence-corrected chi connectivity index (χ1v) is 10.9. The van der Waals surface area contributed by atoms with E-state index < -0.39 is 10.0 Å². The highest BCUT2D eigenvalue weighted by Crippen LogP contribution is 2.17. The van der Waals surface area contributed by atoms with Crippen LogP contribution in [0.2, 0.25) is 0 Å². The number of halogens is 1. The van der Waals surface area contributed by atoms with E-state index in [-0.39, 0.29) is 24.0 Å². The minimum atomic E-state index is -3.14. The summed E-state index contributed by atoms with van der Waals surface area (Å²) in [4.78, 5) is 4.52. The number of nitrogens with one attached hydrogen (secondary N) is 2. The highest BCUT2D eigenvalue weighted by atomic mass is 127. The van der Waals surface area contributed by atoms with E-state index in [1.54, 1.807) is 7.11 Å². The molecule has 0 aliphatic rings. The minimum absolute atomic E-state index is 0. The van der Waals surface area contributed by atoms with Crippen LogP contribution in [0.1, 0.15) is 25.8 Å². The maximum absolute atomic E-state index is 11.6. The summed E-state index contributed by atoms with van der Waals surface area (Å²) in [5.74, 6) is 1.63. The Morgan fingerprint density at radius 1 is 1.22 bits per heavy atom. The first kappa shape index (κ1) is 25.9. The molecule has 0 aromatic heterocycles. The summed E-state index contributed by atoms with van der Waals surface area (Å²) < 4.78 is 30.0. The maximum Gasteiger partial charge on any atom is 0.211 e. The number of methoxy groups -OCH3 is 1. The number of aliphatic imine (C=N–C) groups is 1. The van der Waals surface area contributed by atoms with Crippen molar-refractivity contribution in [1.82, 2.24) is 14.9 Å². The normalized spacial score (nSPS) is 11.8. The van der Waals surface area contributed by atoms with Gasteiger partial charge in [0, 0.05) is 32.7 Å². The molecule has 1 rings (SSSR count). The van der Waals surface area contributed by atoms with Gasteiger partial charge < -0.3 is 15.4 Å². The van der Waals surface area contributed by atoms with E-state index >= 15 is 0 Å². The van der Waals surface area contributed by atoms with Crippen LogP contribution >= 0.6 is 24.0 Å². The van der Waals surface area contributed by atoms with Crippen LogP contribution < -0.4 is 15.4 Å². The highest BCUT2D eigenvalue weighted by Gasteiger charge is 2.13.